The van der Waals surface area contributed by atoms with Crippen LogP contribution in [0.5, 0.6) is 0 Å². The highest BCUT2D eigenvalue weighted by molar-refractivity contribution is 6.06. The Labute approximate surface area is 122 Å². The Morgan fingerprint density at radius 2 is 2.14 bits per heavy atom. The number of nitrogens with one attached hydrogen (secondary N) is 2. The summed E-state index contributed by atoms with van der Waals surface area (Å²) >= 11 is 0. The summed E-state index contributed by atoms with van der Waals surface area (Å²) in [6, 6.07) is 1.41. The summed E-state index contributed by atoms with van der Waals surface area (Å²) in [5.41, 5.74) is 6.98. The number of rotatable bonds is 5. The van der Waals surface area contributed by atoms with Gasteiger partial charge in [-0.15, -0.1) is 0 Å². The van der Waals surface area contributed by atoms with Crippen LogP contribution in [-0.2, 0) is 6.54 Å². The number of carbonyl (C=O) groups excluding carboxylic acids is 2. The number of fused-ring (bicyclic) bond motifs is 1. The van der Waals surface area contributed by atoms with Gasteiger partial charge in [-0.3, -0.25) is 4.79 Å². The summed E-state index contributed by atoms with van der Waals surface area (Å²) in [6.45, 7) is 5.21. The van der Waals surface area contributed by atoms with E-state index < -0.39 is 5.91 Å². The Morgan fingerprint density at radius 1 is 1.38 bits per heavy atom. The van der Waals surface area contributed by atoms with E-state index in [1.165, 1.54) is 0 Å². The van der Waals surface area contributed by atoms with Gasteiger partial charge in [0.1, 0.15) is 5.65 Å². The number of pyridine rings is 1. The molecule has 0 aliphatic carbocycles. The molecule has 0 atom stereocenters. The predicted octanol–water partition coefficient (Wildman–Crippen LogP) is 1.69. The van der Waals surface area contributed by atoms with Crippen molar-refractivity contribution in [3.8, 4) is 0 Å². The molecule has 3 amide bonds. The molecule has 2 aromatic rings. The van der Waals surface area contributed by atoms with Crippen molar-refractivity contribution in [3.63, 3.8) is 0 Å². The van der Waals surface area contributed by atoms with Crippen LogP contribution in [0.1, 0.15) is 30.6 Å². The van der Waals surface area contributed by atoms with Gasteiger partial charge in [0.05, 0.1) is 17.4 Å². The van der Waals surface area contributed by atoms with Gasteiger partial charge in [-0.05, 0) is 19.4 Å². The smallest absolute Gasteiger partial charge is 0.319 e. The number of urea groups is 1. The summed E-state index contributed by atoms with van der Waals surface area (Å²) in [7, 11) is 0. The molecule has 7 heteroatoms. The molecule has 0 unspecified atom stereocenters. The minimum Gasteiger partial charge on any atom is -0.366 e. The summed E-state index contributed by atoms with van der Waals surface area (Å²) in [4.78, 5) is 27.4. The first-order valence-electron chi connectivity index (χ1n) is 6.90. The molecule has 0 aliphatic rings. The normalized spacial score (nSPS) is 10.6. The van der Waals surface area contributed by atoms with Crippen molar-refractivity contribution in [3.05, 3.63) is 24.0 Å². The van der Waals surface area contributed by atoms with Gasteiger partial charge in [0.2, 0.25) is 0 Å². The Balaban J connectivity index is 2.34. The molecule has 2 heterocycles. The molecule has 2 rings (SSSR count). The van der Waals surface area contributed by atoms with Crippen molar-refractivity contribution >= 4 is 28.7 Å². The summed E-state index contributed by atoms with van der Waals surface area (Å²) in [5, 5.41) is 6.03. The molecule has 0 aromatic carbocycles. The zero-order valence-corrected chi connectivity index (χ0v) is 12.1. The largest absolute Gasteiger partial charge is 0.366 e. The SMILES string of the molecule is CCCNC(=O)Nc1cnc2c(c1)c(C(N)=O)cn2CC. The minimum absolute atomic E-state index is 0.298. The van der Waals surface area contributed by atoms with Gasteiger partial charge in [-0.2, -0.15) is 0 Å². The second-order valence-corrected chi connectivity index (χ2v) is 4.67. The van der Waals surface area contributed by atoms with Crippen LogP contribution in [0, 0.1) is 0 Å². The molecule has 112 valence electrons. The van der Waals surface area contributed by atoms with E-state index in [4.69, 9.17) is 5.73 Å². The minimum atomic E-state index is -0.512. The molecule has 7 nitrogen and oxygen atoms in total. The van der Waals surface area contributed by atoms with E-state index in [1.807, 2.05) is 18.4 Å². The molecule has 0 aliphatic heterocycles. The zero-order chi connectivity index (χ0) is 15.4. The van der Waals surface area contributed by atoms with Crippen molar-refractivity contribution in [1.29, 1.82) is 0 Å². The highest BCUT2D eigenvalue weighted by Gasteiger charge is 2.14. The van der Waals surface area contributed by atoms with Crippen LogP contribution in [0.3, 0.4) is 0 Å². The first-order valence-corrected chi connectivity index (χ1v) is 6.90. The molecule has 0 saturated heterocycles. The fourth-order valence-electron chi connectivity index (χ4n) is 2.09. The van der Waals surface area contributed by atoms with Gasteiger partial charge in [0, 0.05) is 24.7 Å². The van der Waals surface area contributed by atoms with Crippen molar-refractivity contribution in [1.82, 2.24) is 14.9 Å². The van der Waals surface area contributed by atoms with E-state index in [2.05, 4.69) is 15.6 Å². The summed E-state index contributed by atoms with van der Waals surface area (Å²) in [6.07, 6.45) is 4.10. The topological polar surface area (TPSA) is 102 Å². The van der Waals surface area contributed by atoms with Gasteiger partial charge in [-0.1, -0.05) is 6.92 Å². The van der Waals surface area contributed by atoms with Gasteiger partial charge >= 0.3 is 6.03 Å². The molecular weight excluding hydrogens is 270 g/mol. The fourth-order valence-corrected chi connectivity index (χ4v) is 2.09. The average Bonchev–Trinajstić information content (AvgIpc) is 2.83. The molecule has 21 heavy (non-hydrogen) atoms. The first kappa shape index (κ1) is 14.8. The third kappa shape index (κ3) is 3.13. The summed E-state index contributed by atoms with van der Waals surface area (Å²) in [5.74, 6) is -0.512. The van der Waals surface area contributed by atoms with Gasteiger partial charge in [0.25, 0.3) is 5.91 Å². The van der Waals surface area contributed by atoms with E-state index in [9.17, 15) is 9.59 Å². The summed E-state index contributed by atoms with van der Waals surface area (Å²) < 4.78 is 1.84. The number of primary amides is 1. The molecule has 4 N–H and O–H groups in total. The van der Waals surface area contributed by atoms with Crippen molar-refractivity contribution in [2.45, 2.75) is 26.8 Å². The van der Waals surface area contributed by atoms with Crippen molar-refractivity contribution in [2.75, 3.05) is 11.9 Å². The average molecular weight is 289 g/mol. The van der Waals surface area contributed by atoms with E-state index in [-0.39, 0.29) is 6.03 Å². The number of hydrogen-bond acceptors (Lipinski definition) is 3. The maximum Gasteiger partial charge on any atom is 0.319 e. The monoisotopic (exact) mass is 289 g/mol. The van der Waals surface area contributed by atoms with Gasteiger partial charge in [-0.25, -0.2) is 9.78 Å². The number of nitrogens with two attached hydrogens (primary N) is 1. The van der Waals surface area contributed by atoms with Crippen LogP contribution in [-0.4, -0.2) is 28.0 Å². The molecular formula is C14H19N5O2. The quantitative estimate of drug-likeness (QED) is 0.780. The van der Waals surface area contributed by atoms with E-state index in [1.54, 1.807) is 18.5 Å². The van der Waals surface area contributed by atoms with E-state index >= 15 is 0 Å². The number of amides is 3. The maximum absolute atomic E-state index is 11.6. The van der Waals surface area contributed by atoms with Crippen LogP contribution < -0.4 is 16.4 Å². The molecule has 0 bridgehead atoms. The Morgan fingerprint density at radius 3 is 2.76 bits per heavy atom. The van der Waals surface area contributed by atoms with Crippen LogP contribution in [0.25, 0.3) is 11.0 Å². The first-order chi connectivity index (χ1) is 10.1. The highest BCUT2D eigenvalue weighted by Crippen LogP contribution is 2.22. The number of aromatic nitrogens is 2. The Bertz CT molecular complexity index is 677. The third-order valence-electron chi connectivity index (χ3n) is 3.11. The van der Waals surface area contributed by atoms with E-state index in [0.29, 0.717) is 35.4 Å². The lowest BCUT2D eigenvalue weighted by Crippen LogP contribution is -2.29. The molecule has 2 aromatic heterocycles. The maximum atomic E-state index is 11.6. The second kappa shape index (κ2) is 6.25. The highest BCUT2D eigenvalue weighted by atomic mass is 16.2. The van der Waals surface area contributed by atoms with Gasteiger partial charge in [0.15, 0.2) is 0 Å². The van der Waals surface area contributed by atoms with Gasteiger partial charge < -0.3 is 20.9 Å². The fraction of sp³-hybridized carbons (Fsp3) is 0.357. The number of anilines is 1. The lowest BCUT2D eigenvalue weighted by molar-refractivity contribution is 0.100. The standard InChI is InChI=1S/C14H19N5O2/c1-3-5-16-14(21)18-9-6-10-11(12(15)20)8-19(4-2)13(10)17-7-9/h6-8H,3-5H2,1-2H3,(H2,15,20)(H2,16,18,21). The predicted molar refractivity (Wildman–Crippen MR) is 81.2 cm³/mol. The number of nitrogens with zero attached hydrogens (tertiary/aromatic N) is 2. The lowest BCUT2D eigenvalue weighted by atomic mass is 10.2. The number of aryl methyl sites for hydroxylation is 1. The second-order valence-electron chi connectivity index (χ2n) is 4.67. The van der Waals surface area contributed by atoms with Crippen LogP contribution >= 0.6 is 0 Å². The zero-order valence-electron chi connectivity index (χ0n) is 12.1. The Kier molecular flexibility index (Phi) is 4.42. The molecule has 0 spiro atoms. The molecule has 0 fully saturated rings. The number of carbonyl (C=O) groups is 2. The van der Waals surface area contributed by atoms with Crippen LogP contribution in [0.4, 0.5) is 10.5 Å². The molecule has 0 saturated carbocycles. The van der Waals surface area contributed by atoms with Crippen molar-refractivity contribution < 1.29 is 9.59 Å². The third-order valence-corrected chi connectivity index (χ3v) is 3.11. The Hall–Kier alpha value is -2.57. The van der Waals surface area contributed by atoms with Crippen LogP contribution in [0.15, 0.2) is 18.5 Å². The molecule has 0 radical (unpaired) electrons. The van der Waals surface area contributed by atoms with Crippen LogP contribution in [0.2, 0.25) is 0 Å². The van der Waals surface area contributed by atoms with Crippen molar-refractivity contribution in [2.24, 2.45) is 5.73 Å². The lowest BCUT2D eigenvalue weighted by Gasteiger charge is -2.07. The van der Waals surface area contributed by atoms with E-state index in [0.717, 1.165) is 6.42 Å². The number of hydrogen-bond donors (Lipinski definition) is 3.